The first-order chi connectivity index (χ1) is 14.5. The van der Waals surface area contributed by atoms with Crippen molar-refractivity contribution in [3.63, 3.8) is 0 Å². The summed E-state index contributed by atoms with van der Waals surface area (Å²) in [5, 5.41) is 2.45. The Bertz CT molecular complexity index is 896. The number of ether oxygens (including phenoxy) is 2. The molecule has 0 unspecified atom stereocenters. The zero-order valence-corrected chi connectivity index (χ0v) is 16.6. The number of hydrogen-bond acceptors (Lipinski definition) is 6. The van der Waals surface area contributed by atoms with Crippen LogP contribution in [0.15, 0.2) is 84.1 Å². The summed E-state index contributed by atoms with van der Waals surface area (Å²) >= 11 is 0. The van der Waals surface area contributed by atoms with Crippen molar-refractivity contribution in [2.45, 2.75) is 6.42 Å². The maximum absolute atomic E-state index is 12.4. The standard InChI is InChI=1S/C23H21NO6/c1-29-22(27)18(15-20(25)16-9-5-3-6-10-16)13-14-19(23(28)30-2)24-21(26)17-11-7-4-8-12-17/h3-14H,15H2,1-2H3,(H,24,26). The van der Waals surface area contributed by atoms with Crippen LogP contribution < -0.4 is 5.32 Å². The molecule has 2 aromatic rings. The Morgan fingerprint density at radius 1 is 0.767 bits per heavy atom. The molecule has 0 saturated carbocycles. The Kier molecular flexibility index (Phi) is 8.26. The molecule has 0 aromatic heterocycles. The summed E-state index contributed by atoms with van der Waals surface area (Å²) in [5.74, 6) is -2.36. The van der Waals surface area contributed by atoms with Crippen LogP contribution >= 0.6 is 0 Å². The molecule has 0 aliphatic carbocycles. The van der Waals surface area contributed by atoms with Gasteiger partial charge in [-0.3, -0.25) is 9.59 Å². The molecule has 0 fully saturated rings. The van der Waals surface area contributed by atoms with E-state index in [0.717, 1.165) is 7.11 Å². The number of benzene rings is 2. The van der Waals surface area contributed by atoms with E-state index in [9.17, 15) is 19.2 Å². The molecule has 0 aliphatic rings. The fourth-order valence-corrected chi connectivity index (χ4v) is 2.47. The van der Waals surface area contributed by atoms with E-state index < -0.39 is 17.8 Å². The van der Waals surface area contributed by atoms with Crippen LogP contribution in [-0.2, 0) is 19.1 Å². The first-order valence-electron chi connectivity index (χ1n) is 8.98. The number of carbonyl (C=O) groups excluding carboxylic acids is 4. The van der Waals surface area contributed by atoms with Crippen molar-refractivity contribution in [1.82, 2.24) is 5.32 Å². The topological polar surface area (TPSA) is 98.8 Å². The molecular weight excluding hydrogens is 386 g/mol. The maximum Gasteiger partial charge on any atom is 0.354 e. The number of nitrogens with one attached hydrogen (secondary N) is 1. The van der Waals surface area contributed by atoms with E-state index in [0.29, 0.717) is 11.1 Å². The van der Waals surface area contributed by atoms with Crippen LogP contribution in [0.4, 0.5) is 0 Å². The number of methoxy groups -OCH3 is 2. The molecular formula is C23H21NO6. The number of esters is 2. The van der Waals surface area contributed by atoms with E-state index in [-0.39, 0.29) is 23.5 Å². The van der Waals surface area contributed by atoms with Gasteiger partial charge in [0, 0.05) is 23.1 Å². The lowest BCUT2D eigenvalue weighted by Gasteiger charge is -2.08. The third kappa shape index (κ3) is 6.27. The van der Waals surface area contributed by atoms with Crippen LogP contribution in [0.25, 0.3) is 0 Å². The van der Waals surface area contributed by atoms with Gasteiger partial charge < -0.3 is 14.8 Å². The number of Topliss-reactive ketones (excluding diaryl/α,β-unsaturated/α-hetero) is 1. The predicted molar refractivity (Wildman–Crippen MR) is 109 cm³/mol. The van der Waals surface area contributed by atoms with E-state index in [1.54, 1.807) is 60.7 Å². The molecule has 0 atom stereocenters. The highest BCUT2D eigenvalue weighted by Crippen LogP contribution is 2.12. The van der Waals surface area contributed by atoms with Gasteiger partial charge in [-0.05, 0) is 24.3 Å². The fraction of sp³-hybridized carbons (Fsp3) is 0.130. The first kappa shape index (κ1) is 22.3. The zero-order valence-electron chi connectivity index (χ0n) is 16.6. The van der Waals surface area contributed by atoms with Gasteiger partial charge in [0.05, 0.1) is 14.2 Å². The molecule has 7 heteroatoms. The zero-order chi connectivity index (χ0) is 21.9. The summed E-state index contributed by atoms with van der Waals surface area (Å²) in [6, 6.07) is 16.7. The largest absolute Gasteiger partial charge is 0.466 e. The molecule has 0 bridgehead atoms. The van der Waals surface area contributed by atoms with Crippen molar-refractivity contribution in [3.05, 3.63) is 95.2 Å². The van der Waals surface area contributed by atoms with Crippen molar-refractivity contribution in [2.75, 3.05) is 14.2 Å². The van der Waals surface area contributed by atoms with E-state index in [4.69, 9.17) is 4.74 Å². The third-order valence-corrected chi connectivity index (χ3v) is 4.04. The molecule has 0 spiro atoms. The number of ketones is 1. The third-order valence-electron chi connectivity index (χ3n) is 4.04. The predicted octanol–water partition coefficient (Wildman–Crippen LogP) is 2.85. The summed E-state index contributed by atoms with van der Waals surface area (Å²) in [5.41, 5.74) is 0.590. The quantitative estimate of drug-likeness (QED) is 0.313. The van der Waals surface area contributed by atoms with Crippen LogP contribution in [0.3, 0.4) is 0 Å². The molecule has 0 aliphatic heterocycles. The minimum Gasteiger partial charge on any atom is -0.466 e. The van der Waals surface area contributed by atoms with Crippen molar-refractivity contribution in [1.29, 1.82) is 0 Å². The van der Waals surface area contributed by atoms with Crippen LogP contribution in [0, 0.1) is 0 Å². The second kappa shape index (κ2) is 11.1. The lowest BCUT2D eigenvalue weighted by atomic mass is 10.0. The Balaban J connectivity index is 2.29. The summed E-state index contributed by atoms with van der Waals surface area (Å²) in [7, 11) is 2.35. The van der Waals surface area contributed by atoms with Crippen LogP contribution in [0.1, 0.15) is 27.1 Å². The number of allylic oxidation sites excluding steroid dienone is 2. The SMILES string of the molecule is COC(=O)C(=CC=C(NC(=O)c1ccccc1)C(=O)OC)CC(=O)c1ccccc1. The number of rotatable bonds is 8. The second-order valence-electron chi connectivity index (χ2n) is 6.04. The fourth-order valence-electron chi connectivity index (χ4n) is 2.47. The summed E-state index contributed by atoms with van der Waals surface area (Å²) in [6.07, 6.45) is 2.22. The highest BCUT2D eigenvalue weighted by atomic mass is 16.5. The van der Waals surface area contributed by atoms with Gasteiger partial charge >= 0.3 is 11.9 Å². The normalized spacial score (nSPS) is 11.4. The molecule has 0 heterocycles. The van der Waals surface area contributed by atoms with Crippen molar-refractivity contribution in [3.8, 4) is 0 Å². The molecule has 0 radical (unpaired) electrons. The minimum absolute atomic E-state index is 0.0155. The lowest BCUT2D eigenvalue weighted by molar-refractivity contribution is -0.137. The lowest BCUT2D eigenvalue weighted by Crippen LogP contribution is -2.28. The van der Waals surface area contributed by atoms with Crippen LogP contribution in [0.5, 0.6) is 0 Å². The van der Waals surface area contributed by atoms with E-state index in [1.807, 2.05) is 0 Å². The van der Waals surface area contributed by atoms with E-state index >= 15 is 0 Å². The second-order valence-corrected chi connectivity index (χ2v) is 6.04. The Morgan fingerprint density at radius 2 is 1.30 bits per heavy atom. The summed E-state index contributed by atoms with van der Waals surface area (Å²) < 4.78 is 9.41. The molecule has 154 valence electrons. The van der Waals surface area contributed by atoms with Gasteiger partial charge in [0.1, 0.15) is 5.70 Å². The van der Waals surface area contributed by atoms with Crippen LogP contribution in [0.2, 0.25) is 0 Å². The van der Waals surface area contributed by atoms with Crippen molar-refractivity contribution in [2.24, 2.45) is 0 Å². The van der Waals surface area contributed by atoms with Gasteiger partial charge in [0.2, 0.25) is 0 Å². The smallest absolute Gasteiger partial charge is 0.354 e. The van der Waals surface area contributed by atoms with Crippen molar-refractivity contribution < 1.29 is 28.7 Å². The summed E-state index contributed by atoms with van der Waals surface area (Å²) in [6.45, 7) is 0. The van der Waals surface area contributed by atoms with Crippen LogP contribution in [-0.4, -0.2) is 37.8 Å². The number of amides is 1. The number of carbonyl (C=O) groups is 4. The maximum atomic E-state index is 12.4. The molecule has 30 heavy (non-hydrogen) atoms. The molecule has 0 saturated heterocycles. The van der Waals surface area contributed by atoms with Gasteiger partial charge in [0.15, 0.2) is 5.78 Å². The van der Waals surface area contributed by atoms with E-state index in [1.165, 1.54) is 19.3 Å². The Morgan fingerprint density at radius 3 is 1.83 bits per heavy atom. The monoisotopic (exact) mass is 407 g/mol. The van der Waals surface area contributed by atoms with Gasteiger partial charge in [-0.15, -0.1) is 0 Å². The van der Waals surface area contributed by atoms with Gasteiger partial charge in [-0.1, -0.05) is 48.5 Å². The molecule has 2 aromatic carbocycles. The minimum atomic E-state index is -0.811. The Labute approximate surface area is 174 Å². The molecule has 7 nitrogen and oxygen atoms in total. The van der Waals surface area contributed by atoms with E-state index in [2.05, 4.69) is 10.1 Å². The summed E-state index contributed by atoms with van der Waals surface area (Å²) in [4.78, 5) is 48.9. The molecule has 2 rings (SSSR count). The molecule has 1 N–H and O–H groups in total. The average molecular weight is 407 g/mol. The highest BCUT2D eigenvalue weighted by molar-refractivity contribution is 6.04. The van der Waals surface area contributed by atoms with Gasteiger partial charge in [-0.25, -0.2) is 9.59 Å². The van der Waals surface area contributed by atoms with Crippen molar-refractivity contribution >= 4 is 23.6 Å². The highest BCUT2D eigenvalue weighted by Gasteiger charge is 2.17. The van der Waals surface area contributed by atoms with Gasteiger partial charge in [-0.2, -0.15) is 0 Å². The molecule has 1 amide bonds. The first-order valence-corrected chi connectivity index (χ1v) is 8.98. The van der Waals surface area contributed by atoms with Gasteiger partial charge in [0.25, 0.3) is 5.91 Å². The number of hydrogen-bond donors (Lipinski definition) is 1. The Hall–Kier alpha value is -4.00. The average Bonchev–Trinajstić information content (AvgIpc) is 2.80.